The monoisotopic (exact) mass is 235 g/mol. The molecule has 2 heterocycles. The smallest absolute Gasteiger partial charge is 0.186 e. The average Bonchev–Trinajstić information content (AvgIpc) is 2.74. The fraction of sp³-hybridized carbons (Fsp3) is 0.364. The van der Waals surface area contributed by atoms with Gasteiger partial charge >= 0.3 is 0 Å². The number of nitrogen functional groups attached to an aromatic ring is 1. The van der Waals surface area contributed by atoms with Crippen LogP contribution in [-0.2, 0) is 6.54 Å². The van der Waals surface area contributed by atoms with Crippen molar-refractivity contribution >= 4 is 5.82 Å². The van der Waals surface area contributed by atoms with Crippen molar-refractivity contribution in [3.8, 4) is 11.5 Å². The number of nitrogens with zero attached hydrogens (tertiary/aromatic N) is 4. The number of aromatic nitrogens is 4. The van der Waals surface area contributed by atoms with Crippen molar-refractivity contribution in [3.63, 3.8) is 0 Å². The van der Waals surface area contributed by atoms with E-state index in [1.165, 1.54) is 0 Å². The first-order valence-corrected chi connectivity index (χ1v) is 5.43. The number of halogens is 1. The zero-order valence-electron chi connectivity index (χ0n) is 9.81. The summed E-state index contributed by atoms with van der Waals surface area (Å²) in [6, 6.07) is 0. The summed E-state index contributed by atoms with van der Waals surface area (Å²) in [5, 5.41) is 0. The van der Waals surface area contributed by atoms with Crippen LogP contribution in [0.4, 0.5) is 10.2 Å². The second-order valence-corrected chi connectivity index (χ2v) is 3.80. The minimum atomic E-state index is -0.560. The van der Waals surface area contributed by atoms with Gasteiger partial charge in [-0.25, -0.2) is 19.3 Å². The van der Waals surface area contributed by atoms with E-state index in [4.69, 9.17) is 5.73 Å². The predicted octanol–water partition coefficient (Wildman–Crippen LogP) is 1.78. The summed E-state index contributed by atoms with van der Waals surface area (Å²) in [7, 11) is 0. The Balaban J connectivity index is 2.49. The minimum absolute atomic E-state index is 0.128. The molecule has 0 aromatic carbocycles. The van der Waals surface area contributed by atoms with Crippen LogP contribution in [0.1, 0.15) is 19.0 Å². The highest BCUT2D eigenvalue weighted by molar-refractivity contribution is 5.52. The van der Waals surface area contributed by atoms with Crippen molar-refractivity contribution in [1.82, 2.24) is 19.5 Å². The number of rotatable bonds is 3. The molecule has 2 N–H and O–H groups in total. The average molecular weight is 235 g/mol. The van der Waals surface area contributed by atoms with Gasteiger partial charge in [-0.1, -0.05) is 6.92 Å². The number of hydrogen-bond acceptors (Lipinski definition) is 4. The molecular formula is C11H14FN5. The predicted molar refractivity (Wildman–Crippen MR) is 62.7 cm³/mol. The van der Waals surface area contributed by atoms with E-state index >= 15 is 0 Å². The number of aryl methyl sites for hydroxylation is 2. The highest BCUT2D eigenvalue weighted by atomic mass is 19.1. The van der Waals surface area contributed by atoms with Crippen LogP contribution in [0.25, 0.3) is 11.5 Å². The van der Waals surface area contributed by atoms with Gasteiger partial charge in [-0.05, 0) is 13.3 Å². The maximum Gasteiger partial charge on any atom is 0.186 e. The molecule has 0 spiro atoms. The summed E-state index contributed by atoms with van der Waals surface area (Å²) in [5.41, 5.74) is 6.49. The lowest BCUT2D eigenvalue weighted by atomic mass is 10.3. The summed E-state index contributed by atoms with van der Waals surface area (Å²) >= 11 is 0. The maximum atomic E-state index is 13.3. The topological polar surface area (TPSA) is 69.6 Å². The first kappa shape index (κ1) is 11.5. The third kappa shape index (κ3) is 2.11. The zero-order chi connectivity index (χ0) is 12.4. The molecule has 6 heteroatoms. The number of nitrogens with two attached hydrogens (primary N) is 1. The molecule has 2 rings (SSSR count). The van der Waals surface area contributed by atoms with Gasteiger partial charge in [0.15, 0.2) is 17.5 Å². The molecule has 0 aliphatic carbocycles. The van der Waals surface area contributed by atoms with Crippen LogP contribution >= 0.6 is 0 Å². The van der Waals surface area contributed by atoms with E-state index in [2.05, 4.69) is 21.9 Å². The van der Waals surface area contributed by atoms with Crippen LogP contribution in [0.2, 0.25) is 0 Å². The number of hydrogen-bond donors (Lipinski definition) is 1. The van der Waals surface area contributed by atoms with Crippen molar-refractivity contribution < 1.29 is 4.39 Å². The van der Waals surface area contributed by atoms with Crippen LogP contribution in [0.5, 0.6) is 0 Å². The van der Waals surface area contributed by atoms with E-state index in [-0.39, 0.29) is 11.5 Å². The van der Waals surface area contributed by atoms with Gasteiger partial charge in [0.25, 0.3) is 0 Å². The third-order valence-corrected chi connectivity index (χ3v) is 2.45. The first-order chi connectivity index (χ1) is 8.13. The van der Waals surface area contributed by atoms with E-state index in [0.29, 0.717) is 5.82 Å². The van der Waals surface area contributed by atoms with Crippen LogP contribution in [0.15, 0.2) is 12.5 Å². The van der Waals surface area contributed by atoms with Crippen LogP contribution in [0, 0.1) is 12.7 Å². The Morgan fingerprint density at radius 1 is 1.41 bits per heavy atom. The largest absolute Gasteiger partial charge is 0.381 e. The zero-order valence-corrected chi connectivity index (χ0v) is 9.81. The molecular weight excluding hydrogens is 221 g/mol. The Morgan fingerprint density at radius 2 is 2.18 bits per heavy atom. The summed E-state index contributed by atoms with van der Waals surface area (Å²) in [6.45, 7) is 4.45. The fourth-order valence-electron chi connectivity index (χ4n) is 1.62. The molecule has 90 valence electrons. The van der Waals surface area contributed by atoms with Crippen molar-refractivity contribution in [2.75, 3.05) is 5.73 Å². The highest BCUT2D eigenvalue weighted by Gasteiger charge is 2.13. The molecule has 2 aromatic heterocycles. The maximum absolute atomic E-state index is 13.3. The molecule has 0 atom stereocenters. The minimum Gasteiger partial charge on any atom is -0.381 e. The Hall–Kier alpha value is -1.98. The summed E-state index contributed by atoms with van der Waals surface area (Å²) in [6.07, 6.45) is 4.33. The van der Waals surface area contributed by atoms with Gasteiger partial charge in [0.05, 0.1) is 18.2 Å². The van der Waals surface area contributed by atoms with Crippen LogP contribution in [-0.4, -0.2) is 19.5 Å². The number of imidazole rings is 1. The molecule has 0 saturated carbocycles. The van der Waals surface area contributed by atoms with E-state index < -0.39 is 5.82 Å². The fourth-order valence-corrected chi connectivity index (χ4v) is 1.62. The van der Waals surface area contributed by atoms with Crippen LogP contribution < -0.4 is 5.73 Å². The van der Waals surface area contributed by atoms with E-state index in [0.717, 1.165) is 18.7 Å². The highest BCUT2D eigenvalue weighted by Crippen LogP contribution is 2.19. The van der Waals surface area contributed by atoms with Crippen molar-refractivity contribution in [2.45, 2.75) is 26.8 Å². The second-order valence-electron chi connectivity index (χ2n) is 3.80. The lowest BCUT2D eigenvalue weighted by molar-refractivity contribution is 0.607. The molecule has 0 aliphatic heterocycles. The summed E-state index contributed by atoms with van der Waals surface area (Å²) in [5.74, 6) is -0.278. The SMILES string of the molecule is CCCn1cncc1-c1nc(C)c(F)c(N)n1. The lowest BCUT2D eigenvalue weighted by Crippen LogP contribution is -2.06. The van der Waals surface area contributed by atoms with E-state index in [1.54, 1.807) is 19.4 Å². The molecule has 0 aliphatic rings. The molecule has 0 saturated heterocycles. The van der Waals surface area contributed by atoms with Gasteiger partial charge in [0.2, 0.25) is 0 Å². The Labute approximate surface area is 98.5 Å². The van der Waals surface area contributed by atoms with Crippen LogP contribution in [0.3, 0.4) is 0 Å². The number of anilines is 1. The van der Waals surface area contributed by atoms with Gasteiger partial charge in [0, 0.05) is 6.54 Å². The molecule has 0 radical (unpaired) electrons. The summed E-state index contributed by atoms with van der Waals surface area (Å²) in [4.78, 5) is 12.1. The Bertz CT molecular complexity index is 511. The van der Waals surface area contributed by atoms with Gasteiger partial charge in [-0.3, -0.25) is 0 Å². The molecule has 2 aromatic rings. The molecule has 0 amide bonds. The van der Waals surface area contributed by atoms with Gasteiger partial charge in [-0.2, -0.15) is 0 Å². The van der Waals surface area contributed by atoms with Crippen molar-refractivity contribution in [1.29, 1.82) is 0 Å². The summed E-state index contributed by atoms with van der Waals surface area (Å²) < 4.78 is 15.3. The molecule has 17 heavy (non-hydrogen) atoms. The third-order valence-electron chi connectivity index (χ3n) is 2.45. The van der Waals surface area contributed by atoms with Crippen molar-refractivity contribution in [2.24, 2.45) is 0 Å². The van der Waals surface area contributed by atoms with Gasteiger partial charge < -0.3 is 10.3 Å². The Kier molecular flexibility index (Phi) is 3.03. The quantitative estimate of drug-likeness (QED) is 0.880. The second kappa shape index (κ2) is 4.48. The van der Waals surface area contributed by atoms with Gasteiger partial charge in [-0.15, -0.1) is 0 Å². The lowest BCUT2D eigenvalue weighted by Gasteiger charge is -2.07. The standard InChI is InChI=1S/C11H14FN5/c1-3-4-17-6-14-5-8(17)11-15-7(2)9(12)10(13)16-11/h5-6H,3-4H2,1-2H3,(H2,13,15,16). The van der Waals surface area contributed by atoms with E-state index in [1.807, 2.05) is 4.57 Å². The molecule has 5 nitrogen and oxygen atoms in total. The first-order valence-electron chi connectivity index (χ1n) is 5.43. The Morgan fingerprint density at radius 3 is 2.82 bits per heavy atom. The van der Waals surface area contributed by atoms with Gasteiger partial charge in [0.1, 0.15) is 5.69 Å². The molecule has 0 unspecified atom stereocenters. The van der Waals surface area contributed by atoms with E-state index in [9.17, 15) is 4.39 Å². The van der Waals surface area contributed by atoms with Crippen molar-refractivity contribution in [3.05, 3.63) is 24.0 Å². The normalized spacial score (nSPS) is 10.8. The molecule has 0 fully saturated rings. The molecule has 0 bridgehead atoms.